The van der Waals surface area contributed by atoms with Crippen molar-refractivity contribution in [2.24, 2.45) is 0 Å². The van der Waals surface area contributed by atoms with E-state index >= 15 is 0 Å². The van der Waals surface area contributed by atoms with Crippen LogP contribution in [0, 0.1) is 13.8 Å². The summed E-state index contributed by atoms with van der Waals surface area (Å²) in [5.41, 5.74) is 5.70. The Morgan fingerprint density at radius 1 is 1.19 bits per heavy atom. The molecule has 0 amide bonds. The maximum absolute atomic E-state index is 10.7. The number of ether oxygens (including phenoxy) is 2. The van der Waals surface area contributed by atoms with E-state index < -0.39 is 0 Å². The van der Waals surface area contributed by atoms with Gasteiger partial charge in [0.2, 0.25) is 0 Å². The summed E-state index contributed by atoms with van der Waals surface area (Å²) in [6, 6.07) is 1.96. The topological polar surface area (TPSA) is 35.5 Å². The number of aryl methyl sites for hydroxylation is 1. The van der Waals surface area contributed by atoms with Gasteiger partial charge in [0.25, 0.3) is 0 Å². The van der Waals surface area contributed by atoms with E-state index in [0.717, 1.165) is 29.5 Å². The fourth-order valence-electron chi connectivity index (χ4n) is 2.56. The number of halogens is 1. The second-order valence-corrected chi connectivity index (χ2v) is 6.80. The smallest absolute Gasteiger partial charge is 0.302 e. The summed E-state index contributed by atoms with van der Waals surface area (Å²) in [6.45, 7) is 9.97. The molecule has 0 saturated heterocycles. The van der Waals surface area contributed by atoms with Gasteiger partial charge >= 0.3 is 5.97 Å². The Morgan fingerprint density at radius 3 is 2.50 bits per heavy atom. The molecule has 0 aromatic heterocycles. The van der Waals surface area contributed by atoms with Crippen LogP contribution in [0.3, 0.4) is 0 Å². The highest BCUT2D eigenvalue weighted by Crippen LogP contribution is 2.33. The van der Waals surface area contributed by atoms with Crippen LogP contribution in [0.2, 0.25) is 5.02 Å². The van der Waals surface area contributed by atoms with E-state index in [0.29, 0.717) is 17.4 Å². The van der Waals surface area contributed by atoms with Gasteiger partial charge in [0.15, 0.2) is 0 Å². The van der Waals surface area contributed by atoms with Crippen molar-refractivity contribution in [3.8, 4) is 5.75 Å². The average Bonchev–Trinajstić information content (AvgIpc) is 2.57. The van der Waals surface area contributed by atoms with E-state index in [1.807, 2.05) is 19.1 Å². The molecule has 1 rings (SSSR count). The molecule has 26 heavy (non-hydrogen) atoms. The van der Waals surface area contributed by atoms with Crippen LogP contribution in [0.25, 0.3) is 6.08 Å². The second kappa shape index (κ2) is 10.9. The number of methoxy groups -OCH3 is 1. The van der Waals surface area contributed by atoms with Gasteiger partial charge in [0.05, 0.1) is 12.1 Å². The van der Waals surface area contributed by atoms with Gasteiger partial charge in [-0.05, 0) is 69.4 Å². The van der Waals surface area contributed by atoms with Crippen molar-refractivity contribution in [1.82, 2.24) is 0 Å². The van der Waals surface area contributed by atoms with Gasteiger partial charge in [0.1, 0.15) is 12.4 Å². The number of allylic oxidation sites excluding steroid dienone is 4. The van der Waals surface area contributed by atoms with E-state index in [-0.39, 0.29) is 5.97 Å². The van der Waals surface area contributed by atoms with Crippen LogP contribution >= 0.6 is 11.6 Å². The molecule has 1 aromatic carbocycles. The van der Waals surface area contributed by atoms with Gasteiger partial charge < -0.3 is 9.47 Å². The van der Waals surface area contributed by atoms with Crippen molar-refractivity contribution in [3.05, 3.63) is 57.2 Å². The lowest BCUT2D eigenvalue weighted by molar-refractivity contribution is -0.139. The largest absolute Gasteiger partial charge is 0.495 e. The minimum Gasteiger partial charge on any atom is -0.495 e. The summed E-state index contributed by atoms with van der Waals surface area (Å²) >= 11 is 6.35. The summed E-state index contributed by atoms with van der Waals surface area (Å²) in [5.74, 6) is 0.459. The van der Waals surface area contributed by atoms with E-state index in [2.05, 4.69) is 39.0 Å². The molecule has 0 spiro atoms. The third-order valence-electron chi connectivity index (χ3n) is 4.18. The van der Waals surface area contributed by atoms with Gasteiger partial charge in [-0.25, -0.2) is 0 Å². The van der Waals surface area contributed by atoms with Crippen molar-refractivity contribution in [2.45, 2.75) is 47.5 Å². The van der Waals surface area contributed by atoms with Gasteiger partial charge in [-0.3, -0.25) is 4.79 Å². The monoisotopic (exact) mass is 376 g/mol. The number of carbonyl (C=O) groups excluding carboxylic acids is 1. The lowest BCUT2D eigenvalue weighted by Crippen LogP contribution is -1.98. The molecule has 0 aliphatic heterocycles. The van der Waals surface area contributed by atoms with E-state index in [9.17, 15) is 4.79 Å². The normalized spacial score (nSPS) is 12.6. The van der Waals surface area contributed by atoms with Crippen LogP contribution in [-0.4, -0.2) is 19.7 Å². The van der Waals surface area contributed by atoms with Crippen molar-refractivity contribution >= 4 is 23.6 Å². The summed E-state index contributed by atoms with van der Waals surface area (Å²) < 4.78 is 10.2. The minimum absolute atomic E-state index is 0.251. The third-order valence-corrected chi connectivity index (χ3v) is 4.65. The van der Waals surface area contributed by atoms with E-state index in [4.69, 9.17) is 21.1 Å². The molecule has 142 valence electrons. The van der Waals surface area contributed by atoms with Crippen LogP contribution in [0.5, 0.6) is 5.75 Å². The van der Waals surface area contributed by atoms with Crippen LogP contribution in [0.1, 0.15) is 50.3 Å². The highest BCUT2D eigenvalue weighted by atomic mass is 35.5. The zero-order valence-corrected chi connectivity index (χ0v) is 17.4. The summed E-state index contributed by atoms with van der Waals surface area (Å²) in [6.07, 6.45) is 10.3. The molecule has 0 aliphatic carbocycles. The number of rotatable bonds is 8. The molecule has 0 fully saturated rings. The third kappa shape index (κ3) is 7.09. The molecule has 0 radical (unpaired) electrons. The SMILES string of the molecule is COc1cc(C)c(C=CC(C)=CCCC(C)=CCOC(C)=O)c(C)c1Cl. The molecule has 3 nitrogen and oxygen atoms in total. The van der Waals surface area contributed by atoms with Crippen LogP contribution < -0.4 is 4.74 Å². The first kappa shape index (κ1) is 22.0. The molecule has 4 heteroatoms. The average molecular weight is 377 g/mol. The number of hydrogen-bond acceptors (Lipinski definition) is 3. The molecule has 0 atom stereocenters. The van der Waals surface area contributed by atoms with E-state index in [1.54, 1.807) is 7.11 Å². The first-order valence-corrected chi connectivity index (χ1v) is 9.11. The van der Waals surface area contributed by atoms with Crippen molar-refractivity contribution in [3.63, 3.8) is 0 Å². The molecule has 0 aliphatic rings. The van der Waals surface area contributed by atoms with Crippen molar-refractivity contribution in [2.75, 3.05) is 13.7 Å². The van der Waals surface area contributed by atoms with Crippen LogP contribution in [-0.2, 0) is 9.53 Å². The number of carbonyl (C=O) groups is 1. The fourth-order valence-corrected chi connectivity index (χ4v) is 2.79. The van der Waals surface area contributed by atoms with Gasteiger partial charge in [-0.1, -0.05) is 41.0 Å². The maximum Gasteiger partial charge on any atom is 0.302 e. The standard InChI is InChI=1S/C22H29ClO3/c1-15(8-7-9-16(2)12-13-26-19(5)24)10-11-20-17(3)14-21(25-6)22(23)18(20)4/h8,10-12,14H,7,9,13H2,1-6H3. The second-order valence-electron chi connectivity index (χ2n) is 6.42. The number of hydrogen-bond donors (Lipinski definition) is 0. The molecular formula is C22H29ClO3. The van der Waals surface area contributed by atoms with E-state index in [1.165, 1.54) is 18.1 Å². The van der Waals surface area contributed by atoms with Gasteiger partial charge in [-0.15, -0.1) is 0 Å². The lowest BCUT2D eigenvalue weighted by Gasteiger charge is -2.12. The van der Waals surface area contributed by atoms with Gasteiger partial charge in [-0.2, -0.15) is 0 Å². The lowest BCUT2D eigenvalue weighted by atomic mass is 10.0. The Hall–Kier alpha value is -2.00. The first-order chi connectivity index (χ1) is 12.3. The molecular weight excluding hydrogens is 348 g/mol. The van der Waals surface area contributed by atoms with Gasteiger partial charge in [0, 0.05) is 6.92 Å². The molecule has 0 heterocycles. The molecule has 0 bridgehead atoms. The quantitative estimate of drug-likeness (QED) is 0.307. The highest BCUT2D eigenvalue weighted by Gasteiger charge is 2.10. The zero-order chi connectivity index (χ0) is 19.7. The Labute approximate surface area is 162 Å². The zero-order valence-electron chi connectivity index (χ0n) is 16.6. The fraction of sp³-hybridized carbons (Fsp3) is 0.409. The highest BCUT2D eigenvalue weighted by molar-refractivity contribution is 6.33. The summed E-state index contributed by atoms with van der Waals surface area (Å²) in [5, 5.41) is 0.660. The number of benzene rings is 1. The molecule has 0 unspecified atom stereocenters. The Balaban J connectivity index is 2.70. The van der Waals surface area contributed by atoms with Crippen LogP contribution in [0.15, 0.2) is 35.4 Å². The Morgan fingerprint density at radius 2 is 1.88 bits per heavy atom. The molecule has 0 saturated carbocycles. The predicted molar refractivity (Wildman–Crippen MR) is 110 cm³/mol. The number of esters is 1. The van der Waals surface area contributed by atoms with Crippen molar-refractivity contribution < 1.29 is 14.3 Å². The minimum atomic E-state index is -0.251. The Bertz CT molecular complexity index is 727. The predicted octanol–water partition coefficient (Wildman–Crippen LogP) is 6.21. The Kier molecular flexibility index (Phi) is 9.22. The van der Waals surface area contributed by atoms with Crippen molar-refractivity contribution in [1.29, 1.82) is 0 Å². The first-order valence-electron chi connectivity index (χ1n) is 8.73. The summed E-state index contributed by atoms with van der Waals surface area (Å²) in [7, 11) is 1.63. The van der Waals surface area contributed by atoms with Crippen LogP contribution in [0.4, 0.5) is 0 Å². The molecule has 0 N–H and O–H groups in total. The molecule has 1 aromatic rings. The maximum atomic E-state index is 10.7. The summed E-state index contributed by atoms with van der Waals surface area (Å²) in [4.78, 5) is 10.7.